The summed E-state index contributed by atoms with van der Waals surface area (Å²) < 4.78 is 16.5. The van der Waals surface area contributed by atoms with E-state index in [0.29, 0.717) is 17.6 Å². The number of benzene rings is 1. The van der Waals surface area contributed by atoms with Crippen LogP contribution in [0, 0.1) is 11.3 Å². The lowest BCUT2D eigenvalue weighted by Gasteiger charge is -2.47. The van der Waals surface area contributed by atoms with Crippen LogP contribution in [-0.2, 0) is 28.3 Å². The van der Waals surface area contributed by atoms with Crippen molar-refractivity contribution >= 4 is 37.6 Å². The molecule has 9 nitrogen and oxygen atoms in total. The molecule has 2 aliphatic rings. The van der Waals surface area contributed by atoms with E-state index in [9.17, 15) is 19.2 Å². The quantitative estimate of drug-likeness (QED) is 0.251. The summed E-state index contributed by atoms with van der Waals surface area (Å²) >= 11 is 0. The Morgan fingerprint density at radius 3 is 2.40 bits per heavy atom. The number of primary amides is 1. The van der Waals surface area contributed by atoms with E-state index in [-0.39, 0.29) is 29.3 Å². The number of amides is 2. The molecule has 0 unspecified atom stereocenters. The Balaban J connectivity index is 1.90. The predicted octanol–water partition coefficient (Wildman–Crippen LogP) is 3.06. The van der Waals surface area contributed by atoms with Crippen molar-refractivity contribution in [3.8, 4) is 0 Å². The fourth-order valence-corrected chi connectivity index (χ4v) is 5.68. The largest absolute Gasteiger partial charge is 0.427 e. The highest BCUT2D eigenvalue weighted by molar-refractivity contribution is 6.69. The van der Waals surface area contributed by atoms with Gasteiger partial charge in [0.05, 0.1) is 23.5 Å². The maximum Gasteiger partial charge on any atom is 0.358 e. The van der Waals surface area contributed by atoms with Gasteiger partial charge in [-0.25, -0.2) is 4.79 Å². The number of esters is 2. The minimum absolute atomic E-state index is 0.0879. The van der Waals surface area contributed by atoms with Gasteiger partial charge in [0.15, 0.2) is 8.32 Å². The molecular weight excluding hydrogens is 468 g/mol. The molecule has 0 spiro atoms. The van der Waals surface area contributed by atoms with E-state index in [1.807, 2.05) is 6.92 Å². The van der Waals surface area contributed by atoms with E-state index >= 15 is 0 Å². The average Bonchev–Trinajstić information content (AvgIpc) is 3.06. The molecule has 0 radical (unpaired) electrons. The zero-order chi connectivity index (χ0) is 26.3. The molecule has 0 aromatic heterocycles. The van der Waals surface area contributed by atoms with Crippen LogP contribution in [0.5, 0.6) is 0 Å². The topological polar surface area (TPSA) is 125 Å². The molecule has 35 heavy (non-hydrogen) atoms. The highest BCUT2D eigenvalue weighted by Gasteiger charge is 2.57. The Hall–Kier alpha value is -2.98. The first-order valence-electron chi connectivity index (χ1n) is 11.6. The van der Waals surface area contributed by atoms with Crippen LogP contribution in [0.15, 0.2) is 30.0 Å². The number of hydrogen-bond donors (Lipinski definition) is 1. The van der Waals surface area contributed by atoms with Crippen molar-refractivity contribution in [2.24, 2.45) is 17.1 Å². The summed E-state index contributed by atoms with van der Waals surface area (Å²) in [4.78, 5) is 51.5. The van der Waals surface area contributed by atoms with Crippen molar-refractivity contribution in [3.63, 3.8) is 0 Å². The van der Waals surface area contributed by atoms with Crippen molar-refractivity contribution in [2.75, 3.05) is 6.79 Å². The zero-order valence-electron chi connectivity index (χ0n) is 21.3. The van der Waals surface area contributed by atoms with Gasteiger partial charge in [-0.05, 0) is 77.0 Å². The Morgan fingerprint density at radius 2 is 1.83 bits per heavy atom. The molecule has 3 rings (SSSR count). The second-order valence-electron chi connectivity index (χ2n) is 10.9. The molecule has 0 aliphatic carbocycles. The minimum Gasteiger partial charge on any atom is -0.427 e. The molecule has 10 heteroatoms. The number of fused-ring (bicyclic) bond motifs is 1. The molecule has 1 fully saturated rings. The van der Waals surface area contributed by atoms with Crippen LogP contribution in [0.3, 0.4) is 0 Å². The summed E-state index contributed by atoms with van der Waals surface area (Å²) in [6.45, 7) is 12.5. The Morgan fingerprint density at radius 1 is 1.17 bits per heavy atom. The van der Waals surface area contributed by atoms with Gasteiger partial charge in [-0.3, -0.25) is 14.4 Å². The zero-order valence-corrected chi connectivity index (χ0v) is 22.3. The normalized spacial score (nSPS) is 20.8. The lowest BCUT2D eigenvalue weighted by molar-refractivity contribution is -0.175. The lowest BCUT2D eigenvalue weighted by Crippen LogP contribution is -2.63. The summed E-state index contributed by atoms with van der Waals surface area (Å²) in [5.74, 6) is -2.52. The fraction of sp³-hybridized carbons (Fsp3) is 0.520. The van der Waals surface area contributed by atoms with E-state index in [0.717, 1.165) is 0 Å². The van der Waals surface area contributed by atoms with Crippen molar-refractivity contribution < 1.29 is 33.1 Å². The maximum atomic E-state index is 13.2. The number of rotatable bonds is 8. The standard InChI is InChI=1S/C25H34N2O7Si/c1-14(34-35(5,6)7)19-18-12-17(15-9-8-10-16(11-15)21(26)28)20(27(18)22(19)29)23(30)32-13-33-24(31)25(2,3)4/h8-11,14,18-19H,12-13H2,1-7H3,(H2,26,28)/t14-,18-,19-/m1/s1. The van der Waals surface area contributed by atoms with Gasteiger partial charge in [-0.2, -0.15) is 0 Å². The second-order valence-corrected chi connectivity index (χ2v) is 15.4. The van der Waals surface area contributed by atoms with Crippen molar-refractivity contribution in [2.45, 2.75) is 65.9 Å². The molecule has 190 valence electrons. The van der Waals surface area contributed by atoms with Gasteiger partial charge in [-0.1, -0.05) is 12.1 Å². The smallest absolute Gasteiger partial charge is 0.358 e. The van der Waals surface area contributed by atoms with Gasteiger partial charge in [0, 0.05) is 5.56 Å². The van der Waals surface area contributed by atoms with Gasteiger partial charge in [0.2, 0.25) is 18.6 Å². The fourth-order valence-electron chi connectivity index (χ4n) is 4.41. The van der Waals surface area contributed by atoms with Gasteiger partial charge < -0.3 is 24.5 Å². The van der Waals surface area contributed by atoms with E-state index in [1.165, 1.54) is 4.90 Å². The van der Waals surface area contributed by atoms with Crippen molar-refractivity contribution in [1.29, 1.82) is 0 Å². The first-order valence-corrected chi connectivity index (χ1v) is 15.0. The summed E-state index contributed by atoms with van der Waals surface area (Å²) in [5.41, 5.74) is 6.23. The summed E-state index contributed by atoms with van der Waals surface area (Å²) in [6, 6.07) is 6.32. The van der Waals surface area contributed by atoms with Gasteiger partial charge in [0.25, 0.3) is 0 Å². The van der Waals surface area contributed by atoms with E-state index in [2.05, 4.69) is 19.6 Å². The van der Waals surface area contributed by atoms with Crippen LogP contribution in [-0.4, -0.2) is 55.9 Å². The molecule has 2 heterocycles. The highest BCUT2D eigenvalue weighted by Crippen LogP contribution is 2.48. The average molecular weight is 503 g/mol. The van der Waals surface area contributed by atoms with Gasteiger partial charge in [0.1, 0.15) is 5.70 Å². The molecule has 2 N–H and O–H groups in total. The second kappa shape index (κ2) is 9.58. The third-order valence-electron chi connectivity index (χ3n) is 5.94. The molecular formula is C25H34N2O7Si. The number of carbonyl (C=O) groups excluding carboxylic acids is 4. The minimum atomic E-state index is -1.90. The Kier molecular flexibility index (Phi) is 7.28. The SMILES string of the molecule is C[C@@H](O[Si](C)(C)C)[C@H]1C(=O)N2C(C(=O)OCOC(=O)C(C)(C)C)=C(c3cccc(C(N)=O)c3)C[C@H]12. The number of hydrogen-bond acceptors (Lipinski definition) is 7. The molecule has 1 aromatic rings. The molecule has 0 bridgehead atoms. The van der Waals surface area contributed by atoms with Crippen LogP contribution in [0.25, 0.3) is 5.57 Å². The summed E-state index contributed by atoms with van der Waals surface area (Å²) in [5, 5.41) is 0. The first kappa shape index (κ1) is 26.6. The van der Waals surface area contributed by atoms with Crippen LogP contribution >= 0.6 is 0 Å². The van der Waals surface area contributed by atoms with Crippen LogP contribution < -0.4 is 5.73 Å². The molecule has 0 saturated carbocycles. The van der Waals surface area contributed by atoms with Crippen LogP contribution in [0.4, 0.5) is 0 Å². The molecule has 3 atom stereocenters. The van der Waals surface area contributed by atoms with Gasteiger partial charge >= 0.3 is 11.9 Å². The third-order valence-corrected chi connectivity index (χ3v) is 7.01. The van der Waals surface area contributed by atoms with Crippen LogP contribution in [0.2, 0.25) is 19.6 Å². The van der Waals surface area contributed by atoms with E-state index in [4.69, 9.17) is 19.6 Å². The molecule has 1 saturated heterocycles. The summed E-state index contributed by atoms with van der Waals surface area (Å²) in [6.07, 6.45) is 0.0845. The number of ether oxygens (including phenoxy) is 2. The predicted molar refractivity (Wildman–Crippen MR) is 131 cm³/mol. The van der Waals surface area contributed by atoms with Crippen molar-refractivity contribution in [3.05, 3.63) is 41.1 Å². The molecule has 2 amide bonds. The van der Waals surface area contributed by atoms with Gasteiger partial charge in [-0.15, -0.1) is 0 Å². The number of nitrogens with two attached hydrogens (primary N) is 1. The van der Waals surface area contributed by atoms with E-state index < -0.39 is 44.3 Å². The lowest BCUT2D eigenvalue weighted by atomic mass is 9.82. The first-order chi connectivity index (χ1) is 16.1. The Labute approximate surface area is 206 Å². The number of carbonyl (C=O) groups is 4. The Bertz CT molecular complexity index is 1080. The molecule has 2 aliphatic heterocycles. The summed E-state index contributed by atoms with van der Waals surface area (Å²) in [7, 11) is -1.90. The van der Waals surface area contributed by atoms with Crippen LogP contribution in [0.1, 0.15) is 50.0 Å². The van der Waals surface area contributed by atoms with E-state index in [1.54, 1.807) is 45.0 Å². The van der Waals surface area contributed by atoms with Crippen molar-refractivity contribution in [1.82, 2.24) is 4.90 Å². The monoisotopic (exact) mass is 502 g/mol. The highest BCUT2D eigenvalue weighted by atomic mass is 28.4. The number of nitrogens with zero attached hydrogens (tertiary/aromatic N) is 1. The maximum absolute atomic E-state index is 13.2. The number of β-lactam (4-membered cyclic amide) rings is 1. The molecule has 1 aromatic carbocycles. The third kappa shape index (κ3) is 5.65.